The molecule has 1 aliphatic rings. The number of rotatable bonds is 7. The highest BCUT2D eigenvalue weighted by atomic mass is 16.5. The fourth-order valence-corrected chi connectivity index (χ4v) is 3.67. The van der Waals surface area contributed by atoms with Crippen LogP contribution in [0.25, 0.3) is 17.1 Å². The molecule has 0 bridgehead atoms. The number of hydrogen-bond acceptors (Lipinski definition) is 4. The number of imidazole rings is 1. The highest BCUT2D eigenvalue weighted by Crippen LogP contribution is 2.27. The molecule has 1 aromatic carbocycles. The molecule has 2 aromatic rings. The van der Waals surface area contributed by atoms with Crippen LogP contribution >= 0.6 is 0 Å². The Hall–Kier alpha value is -2.14. The average Bonchev–Trinajstić information content (AvgIpc) is 3.04. The Morgan fingerprint density at radius 1 is 1.42 bits per heavy atom. The van der Waals surface area contributed by atoms with Crippen LogP contribution in [-0.4, -0.2) is 35.7 Å². The summed E-state index contributed by atoms with van der Waals surface area (Å²) >= 11 is 0. The van der Waals surface area contributed by atoms with Crippen LogP contribution in [0, 0.1) is 0 Å². The molecule has 1 aliphatic heterocycles. The highest BCUT2D eigenvalue weighted by Gasteiger charge is 2.21. The van der Waals surface area contributed by atoms with Gasteiger partial charge in [-0.1, -0.05) is 25.8 Å². The molecule has 3 rings (SSSR count). The third-order valence-electron chi connectivity index (χ3n) is 5.04. The second-order valence-corrected chi connectivity index (χ2v) is 6.96. The van der Waals surface area contributed by atoms with Crippen molar-refractivity contribution in [3.05, 3.63) is 35.7 Å². The number of esters is 1. The number of piperidine rings is 1. The van der Waals surface area contributed by atoms with Crippen molar-refractivity contribution in [3.8, 4) is 0 Å². The summed E-state index contributed by atoms with van der Waals surface area (Å²) in [7, 11) is 1.39. The van der Waals surface area contributed by atoms with Crippen molar-refractivity contribution in [2.75, 3.05) is 20.2 Å². The van der Waals surface area contributed by atoms with E-state index in [2.05, 4.69) is 33.7 Å². The Kier molecular flexibility index (Phi) is 6.45. The van der Waals surface area contributed by atoms with Crippen molar-refractivity contribution in [1.82, 2.24) is 14.9 Å². The van der Waals surface area contributed by atoms with Crippen molar-refractivity contribution in [3.63, 3.8) is 0 Å². The van der Waals surface area contributed by atoms with E-state index < -0.39 is 0 Å². The molecule has 1 N–H and O–H groups in total. The molecule has 5 heteroatoms. The van der Waals surface area contributed by atoms with Crippen LogP contribution in [0.15, 0.2) is 24.3 Å². The van der Waals surface area contributed by atoms with E-state index in [0.29, 0.717) is 6.04 Å². The minimum absolute atomic E-state index is 0.343. The molecule has 140 valence electrons. The van der Waals surface area contributed by atoms with Crippen molar-refractivity contribution in [2.24, 2.45) is 0 Å². The summed E-state index contributed by atoms with van der Waals surface area (Å²) in [6, 6.07) is 6.72. The highest BCUT2D eigenvalue weighted by molar-refractivity contribution is 5.88. The quantitative estimate of drug-likeness (QED) is 0.465. The predicted molar refractivity (Wildman–Crippen MR) is 105 cm³/mol. The maximum Gasteiger partial charge on any atom is 0.330 e. The van der Waals surface area contributed by atoms with Gasteiger partial charge in [-0.15, -0.1) is 0 Å². The number of fused-ring (bicyclic) bond motifs is 1. The lowest BCUT2D eigenvalue weighted by Gasteiger charge is -2.26. The molecule has 1 fully saturated rings. The van der Waals surface area contributed by atoms with E-state index in [1.54, 1.807) is 6.08 Å². The van der Waals surface area contributed by atoms with Crippen LogP contribution in [0.4, 0.5) is 0 Å². The standard InChI is InChI=1S/C21H29N3O2/c1-3-4-5-8-20-23-18-14-16(10-12-21(25)26-2)9-11-19(18)24(20)17-7-6-13-22-15-17/h9-12,14,17,22H,3-8,13,15H2,1-2H3/b12-10+. The van der Waals surface area contributed by atoms with Gasteiger partial charge in [0.25, 0.3) is 0 Å². The minimum atomic E-state index is -0.343. The van der Waals surface area contributed by atoms with Crippen LogP contribution in [0.5, 0.6) is 0 Å². The molecule has 2 heterocycles. The lowest BCUT2D eigenvalue weighted by molar-refractivity contribution is -0.134. The van der Waals surface area contributed by atoms with E-state index in [1.807, 2.05) is 6.07 Å². The fraction of sp³-hybridized carbons (Fsp3) is 0.524. The summed E-state index contributed by atoms with van der Waals surface area (Å²) in [5, 5.41) is 3.52. The van der Waals surface area contributed by atoms with Gasteiger partial charge in [0.05, 0.1) is 18.1 Å². The number of hydrogen-bond donors (Lipinski definition) is 1. The van der Waals surface area contributed by atoms with E-state index in [1.165, 1.54) is 56.6 Å². The lowest BCUT2D eigenvalue weighted by Crippen LogP contribution is -2.32. The normalized spacial score (nSPS) is 17.8. The first-order valence-electron chi connectivity index (χ1n) is 9.70. The first-order valence-corrected chi connectivity index (χ1v) is 9.70. The molecule has 0 spiro atoms. The SMILES string of the molecule is CCCCCc1nc2cc(/C=C/C(=O)OC)ccc2n1C1CCCNC1. The second-order valence-electron chi connectivity index (χ2n) is 6.96. The smallest absolute Gasteiger partial charge is 0.330 e. The van der Waals surface area contributed by atoms with Gasteiger partial charge in [-0.25, -0.2) is 9.78 Å². The van der Waals surface area contributed by atoms with Crippen LogP contribution in [0.3, 0.4) is 0 Å². The van der Waals surface area contributed by atoms with E-state index in [9.17, 15) is 4.79 Å². The number of aryl methyl sites for hydroxylation is 1. The molecule has 0 radical (unpaired) electrons. The number of unbranched alkanes of at least 4 members (excludes halogenated alkanes) is 2. The predicted octanol–water partition coefficient (Wildman–Crippen LogP) is 3.88. The summed E-state index contributed by atoms with van der Waals surface area (Å²) in [6.07, 6.45) is 10.3. The van der Waals surface area contributed by atoms with Crippen LogP contribution in [-0.2, 0) is 16.0 Å². The topological polar surface area (TPSA) is 56.1 Å². The van der Waals surface area contributed by atoms with Gasteiger partial charge in [-0.3, -0.25) is 0 Å². The number of aromatic nitrogens is 2. The fourth-order valence-electron chi connectivity index (χ4n) is 3.67. The van der Waals surface area contributed by atoms with Gasteiger partial charge in [-0.2, -0.15) is 0 Å². The Morgan fingerprint density at radius 3 is 3.04 bits per heavy atom. The zero-order chi connectivity index (χ0) is 18.4. The number of methoxy groups -OCH3 is 1. The van der Waals surface area contributed by atoms with E-state index in [4.69, 9.17) is 4.98 Å². The summed E-state index contributed by atoms with van der Waals surface area (Å²) in [5.74, 6) is 0.848. The molecule has 26 heavy (non-hydrogen) atoms. The molecule has 5 nitrogen and oxygen atoms in total. The number of carbonyl (C=O) groups excluding carboxylic acids is 1. The Morgan fingerprint density at radius 2 is 2.31 bits per heavy atom. The molecule has 1 atom stereocenters. The molecule has 1 unspecified atom stereocenters. The van der Waals surface area contributed by atoms with Gasteiger partial charge < -0.3 is 14.6 Å². The maximum absolute atomic E-state index is 11.3. The van der Waals surface area contributed by atoms with Crippen molar-refractivity contribution < 1.29 is 9.53 Å². The number of nitrogens with zero attached hydrogens (tertiary/aromatic N) is 2. The van der Waals surface area contributed by atoms with Gasteiger partial charge in [0, 0.05) is 25.1 Å². The van der Waals surface area contributed by atoms with Crippen LogP contribution in [0.1, 0.15) is 56.5 Å². The Balaban J connectivity index is 1.94. The zero-order valence-electron chi connectivity index (χ0n) is 15.8. The molecular weight excluding hydrogens is 326 g/mol. The number of benzene rings is 1. The maximum atomic E-state index is 11.3. The van der Waals surface area contributed by atoms with Gasteiger partial charge in [-0.05, 0) is 49.6 Å². The van der Waals surface area contributed by atoms with Gasteiger partial charge >= 0.3 is 5.97 Å². The van der Waals surface area contributed by atoms with Crippen molar-refractivity contribution >= 4 is 23.1 Å². The Bertz CT molecular complexity index is 773. The van der Waals surface area contributed by atoms with Crippen molar-refractivity contribution in [2.45, 2.75) is 51.5 Å². The average molecular weight is 355 g/mol. The van der Waals surface area contributed by atoms with E-state index in [0.717, 1.165) is 30.6 Å². The number of carbonyl (C=O) groups is 1. The molecule has 0 amide bonds. The van der Waals surface area contributed by atoms with E-state index >= 15 is 0 Å². The minimum Gasteiger partial charge on any atom is -0.466 e. The Labute approximate surface area is 155 Å². The van der Waals surface area contributed by atoms with Gasteiger partial charge in [0.2, 0.25) is 0 Å². The second kappa shape index (κ2) is 8.99. The van der Waals surface area contributed by atoms with E-state index in [-0.39, 0.29) is 5.97 Å². The molecule has 0 aliphatic carbocycles. The molecule has 1 saturated heterocycles. The van der Waals surface area contributed by atoms with Crippen molar-refractivity contribution in [1.29, 1.82) is 0 Å². The summed E-state index contributed by atoms with van der Waals surface area (Å²) in [4.78, 5) is 16.3. The monoisotopic (exact) mass is 355 g/mol. The largest absolute Gasteiger partial charge is 0.466 e. The van der Waals surface area contributed by atoms with Crippen LogP contribution < -0.4 is 5.32 Å². The van der Waals surface area contributed by atoms with Gasteiger partial charge in [0.15, 0.2) is 0 Å². The van der Waals surface area contributed by atoms with Gasteiger partial charge in [0.1, 0.15) is 5.82 Å². The first-order chi connectivity index (χ1) is 12.7. The van der Waals surface area contributed by atoms with Crippen LogP contribution in [0.2, 0.25) is 0 Å². The first kappa shape index (κ1) is 18.6. The molecular formula is C21H29N3O2. The third-order valence-corrected chi connectivity index (χ3v) is 5.04. The number of nitrogens with one attached hydrogen (secondary N) is 1. The zero-order valence-corrected chi connectivity index (χ0v) is 15.8. The third kappa shape index (κ3) is 4.33. The summed E-state index contributed by atoms with van der Waals surface area (Å²) < 4.78 is 7.11. The molecule has 1 aromatic heterocycles. The molecule has 0 saturated carbocycles. The lowest BCUT2D eigenvalue weighted by atomic mass is 10.1. The number of ether oxygens (including phenoxy) is 1. The summed E-state index contributed by atoms with van der Waals surface area (Å²) in [5.41, 5.74) is 3.17. The summed E-state index contributed by atoms with van der Waals surface area (Å²) in [6.45, 7) is 4.35.